The van der Waals surface area contributed by atoms with E-state index in [0.29, 0.717) is 19.4 Å². The van der Waals surface area contributed by atoms with Crippen LogP contribution in [0.25, 0.3) is 11.1 Å². The van der Waals surface area contributed by atoms with E-state index in [2.05, 4.69) is 16.0 Å². The normalized spacial score (nSPS) is 13.9. The van der Waals surface area contributed by atoms with Gasteiger partial charge < -0.3 is 30.5 Å². The highest BCUT2D eigenvalue weighted by Crippen LogP contribution is 2.44. The summed E-state index contributed by atoms with van der Waals surface area (Å²) in [5, 5.41) is 17.8. The van der Waals surface area contributed by atoms with E-state index >= 15 is 0 Å². The molecule has 4 N–H and O–H groups in total. The summed E-state index contributed by atoms with van der Waals surface area (Å²) < 4.78 is 10.8. The SMILES string of the molecule is C[C@@H](NC(=O)OCC1c2ccccc2-c2ccccc21)C(=O)N[C@@H](Cc1ccccc1)C(=O)C[C@@H](CCCCNC(=O)OC(C)(C)C)C(=O)O. The molecule has 0 saturated carbocycles. The van der Waals surface area contributed by atoms with Crippen molar-refractivity contribution < 1.29 is 38.6 Å². The first-order valence-corrected chi connectivity index (χ1v) is 17.0. The highest BCUT2D eigenvalue weighted by atomic mass is 16.6. The van der Waals surface area contributed by atoms with E-state index in [1.54, 1.807) is 20.8 Å². The third-order valence-corrected chi connectivity index (χ3v) is 8.50. The van der Waals surface area contributed by atoms with E-state index in [4.69, 9.17) is 9.47 Å². The molecule has 3 aromatic rings. The van der Waals surface area contributed by atoms with Crippen molar-refractivity contribution in [2.24, 2.45) is 5.92 Å². The monoisotopic (exact) mass is 685 g/mol. The number of nitrogens with one attached hydrogen (secondary N) is 3. The standard InChI is InChI=1S/C39H47N3O8/c1-25(41-38(48)49-24-32-30-19-10-8-17-28(30)29-18-9-11-20-31(29)32)35(44)42-33(22-26-14-6-5-7-15-26)34(43)23-27(36(45)46)16-12-13-21-40-37(47)50-39(2,3)4/h5-11,14-15,17-20,25,27,32-33H,12-13,16,21-24H2,1-4H3,(H,40,47)(H,41,48)(H,42,44)(H,45,46)/t25-,27-,33+/m1/s1. The Labute approximate surface area is 293 Å². The molecular formula is C39H47N3O8. The van der Waals surface area contributed by atoms with Gasteiger partial charge in [0, 0.05) is 18.9 Å². The van der Waals surface area contributed by atoms with E-state index in [1.807, 2.05) is 78.9 Å². The molecule has 3 aromatic carbocycles. The van der Waals surface area contributed by atoms with Gasteiger partial charge in [0.25, 0.3) is 0 Å². The van der Waals surface area contributed by atoms with Crippen molar-refractivity contribution in [3.05, 3.63) is 95.6 Å². The summed E-state index contributed by atoms with van der Waals surface area (Å²) in [7, 11) is 0. The van der Waals surface area contributed by atoms with Gasteiger partial charge in [-0.15, -0.1) is 0 Å². The maximum atomic E-state index is 13.5. The lowest BCUT2D eigenvalue weighted by Gasteiger charge is -2.23. The molecule has 0 aromatic heterocycles. The van der Waals surface area contributed by atoms with Crippen LogP contribution in [0.4, 0.5) is 9.59 Å². The second-order valence-electron chi connectivity index (χ2n) is 13.6. The minimum Gasteiger partial charge on any atom is -0.481 e. The summed E-state index contributed by atoms with van der Waals surface area (Å²) in [5.41, 5.74) is 4.47. The summed E-state index contributed by atoms with van der Waals surface area (Å²) in [6.07, 6.45) is -0.298. The van der Waals surface area contributed by atoms with Crippen molar-refractivity contribution >= 4 is 29.8 Å². The molecule has 1 aliphatic rings. The molecule has 0 bridgehead atoms. The minimum atomic E-state index is -1.12. The summed E-state index contributed by atoms with van der Waals surface area (Å²) >= 11 is 0. The number of aliphatic carboxylic acids is 1. The number of rotatable bonds is 16. The molecule has 0 heterocycles. The Kier molecular flexibility index (Phi) is 13.1. The number of carbonyl (C=O) groups is 5. The molecule has 0 aliphatic heterocycles. The molecule has 0 spiro atoms. The second-order valence-corrected chi connectivity index (χ2v) is 13.6. The first kappa shape index (κ1) is 37.6. The van der Waals surface area contributed by atoms with Crippen LogP contribution in [0.15, 0.2) is 78.9 Å². The van der Waals surface area contributed by atoms with Crippen LogP contribution in [0.1, 0.15) is 76.0 Å². The zero-order chi connectivity index (χ0) is 36.3. The molecule has 11 heteroatoms. The van der Waals surface area contributed by atoms with Gasteiger partial charge >= 0.3 is 18.2 Å². The van der Waals surface area contributed by atoms with Crippen LogP contribution < -0.4 is 16.0 Å². The highest BCUT2D eigenvalue weighted by molar-refractivity contribution is 5.93. The van der Waals surface area contributed by atoms with Crippen molar-refractivity contribution in [2.45, 2.75) is 83.4 Å². The Morgan fingerprint density at radius 2 is 1.40 bits per heavy atom. The van der Waals surface area contributed by atoms with Gasteiger partial charge in [0.1, 0.15) is 18.2 Å². The van der Waals surface area contributed by atoms with Gasteiger partial charge in [0.05, 0.1) is 12.0 Å². The number of carbonyl (C=O) groups excluding carboxylic acids is 4. The number of fused-ring (bicyclic) bond motifs is 3. The molecule has 0 unspecified atom stereocenters. The second kappa shape index (κ2) is 17.5. The molecule has 0 radical (unpaired) electrons. The van der Waals surface area contributed by atoms with Gasteiger partial charge in [-0.1, -0.05) is 85.3 Å². The van der Waals surface area contributed by atoms with Crippen LogP contribution in [-0.2, 0) is 30.3 Å². The van der Waals surface area contributed by atoms with Gasteiger partial charge in [0.2, 0.25) is 5.91 Å². The van der Waals surface area contributed by atoms with E-state index in [-0.39, 0.29) is 31.8 Å². The number of unbranched alkanes of at least 4 members (excludes halogenated alkanes) is 1. The Bertz CT molecular complexity index is 1610. The Morgan fingerprint density at radius 3 is 2.00 bits per heavy atom. The number of benzene rings is 3. The van der Waals surface area contributed by atoms with Crippen molar-refractivity contribution in [1.82, 2.24) is 16.0 Å². The number of carboxylic acids is 1. The number of ether oxygens (including phenoxy) is 2. The predicted molar refractivity (Wildman–Crippen MR) is 189 cm³/mol. The zero-order valence-corrected chi connectivity index (χ0v) is 29.1. The van der Waals surface area contributed by atoms with Crippen LogP contribution in [0.3, 0.4) is 0 Å². The quantitative estimate of drug-likeness (QED) is 0.134. The third kappa shape index (κ3) is 10.9. The first-order chi connectivity index (χ1) is 23.8. The molecule has 266 valence electrons. The molecular weight excluding hydrogens is 638 g/mol. The van der Waals surface area contributed by atoms with E-state index < -0.39 is 53.4 Å². The molecule has 0 fully saturated rings. The van der Waals surface area contributed by atoms with E-state index in [1.165, 1.54) is 6.92 Å². The molecule has 3 amide bonds. The third-order valence-electron chi connectivity index (χ3n) is 8.50. The fourth-order valence-electron chi connectivity index (χ4n) is 5.99. The highest BCUT2D eigenvalue weighted by Gasteiger charge is 2.31. The molecule has 1 aliphatic carbocycles. The minimum absolute atomic E-state index is 0.0803. The summed E-state index contributed by atoms with van der Waals surface area (Å²) in [4.78, 5) is 63.6. The van der Waals surface area contributed by atoms with Gasteiger partial charge in [-0.2, -0.15) is 0 Å². The molecule has 4 rings (SSSR count). The Hall–Kier alpha value is -5.19. The number of alkyl carbamates (subject to hydrolysis) is 2. The Balaban J connectivity index is 1.31. The smallest absolute Gasteiger partial charge is 0.407 e. The largest absolute Gasteiger partial charge is 0.481 e. The average Bonchev–Trinajstić information content (AvgIpc) is 3.39. The van der Waals surface area contributed by atoms with Gasteiger partial charge in [-0.3, -0.25) is 14.4 Å². The molecule has 11 nitrogen and oxygen atoms in total. The number of hydrogen-bond acceptors (Lipinski definition) is 7. The first-order valence-electron chi connectivity index (χ1n) is 17.0. The lowest BCUT2D eigenvalue weighted by atomic mass is 9.91. The molecule has 0 saturated heterocycles. The number of amides is 3. The topological polar surface area (TPSA) is 160 Å². The van der Waals surface area contributed by atoms with Crippen LogP contribution in [0, 0.1) is 5.92 Å². The Morgan fingerprint density at radius 1 is 0.800 bits per heavy atom. The van der Waals surface area contributed by atoms with Crippen LogP contribution >= 0.6 is 0 Å². The fourth-order valence-corrected chi connectivity index (χ4v) is 5.99. The van der Waals surface area contributed by atoms with Crippen LogP contribution in [-0.4, -0.2) is 65.8 Å². The number of hydrogen-bond donors (Lipinski definition) is 4. The average molecular weight is 686 g/mol. The van der Waals surface area contributed by atoms with Crippen molar-refractivity contribution in [3.63, 3.8) is 0 Å². The molecule has 3 atom stereocenters. The lowest BCUT2D eigenvalue weighted by molar-refractivity contribution is -0.144. The number of ketones is 1. The maximum Gasteiger partial charge on any atom is 0.407 e. The maximum absolute atomic E-state index is 13.5. The van der Waals surface area contributed by atoms with E-state index in [0.717, 1.165) is 27.8 Å². The predicted octanol–water partition coefficient (Wildman–Crippen LogP) is 6.00. The summed E-state index contributed by atoms with van der Waals surface area (Å²) in [6, 6.07) is 23.0. The van der Waals surface area contributed by atoms with Gasteiger partial charge in [-0.05, 0) is 74.8 Å². The van der Waals surface area contributed by atoms with Gasteiger partial charge in [-0.25, -0.2) is 9.59 Å². The molecule has 50 heavy (non-hydrogen) atoms. The summed E-state index contributed by atoms with van der Waals surface area (Å²) in [6.45, 7) is 7.16. The fraction of sp³-hybridized carbons (Fsp3) is 0.410. The van der Waals surface area contributed by atoms with E-state index in [9.17, 15) is 29.1 Å². The van der Waals surface area contributed by atoms with Crippen LogP contribution in [0.2, 0.25) is 0 Å². The summed E-state index contributed by atoms with van der Waals surface area (Å²) in [5.74, 6) is -3.28. The lowest BCUT2D eigenvalue weighted by Crippen LogP contribution is -2.51. The van der Waals surface area contributed by atoms with Crippen molar-refractivity contribution in [2.75, 3.05) is 13.2 Å². The van der Waals surface area contributed by atoms with Gasteiger partial charge in [0.15, 0.2) is 5.78 Å². The van der Waals surface area contributed by atoms with Crippen molar-refractivity contribution in [3.8, 4) is 11.1 Å². The van der Waals surface area contributed by atoms with Crippen molar-refractivity contribution in [1.29, 1.82) is 0 Å². The number of carboxylic acid groups (broad SMARTS) is 1. The zero-order valence-electron chi connectivity index (χ0n) is 29.1. The van der Waals surface area contributed by atoms with Crippen LogP contribution in [0.5, 0.6) is 0 Å². The number of Topliss-reactive ketones (excluding diaryl/α,β-unsaturated/α-hetero) is 1.